The summed E-state index contributed by atoms with van der Waals surface area (Å²) < 4.78 is 5.74. The lowest BCUT2D eigenvalue weighted by Crippen LogP contribution is -2.59. The molecule has 4 atom stereocenters. The maximum atomic E-state index is 12.1. The highest BCUT2D eigenvalue weighted by Crippen LogP contribution is 2.45. The molecule has 12 heteroatoms. The molecule has 0 saturated carbocycles. The van der Waals surface area contributed by atoms with Crippen molar-refractivity contribution in [2.24, 2.45) is 0 Å². The Labute approximate surface area is 138 Å². The maximum absolute atomic E-state index is 12.1. The average Bonchev–Trinajstić information content (AvgIpc) is 2.68. The fourth-order valence-electron chi connectivity index (χ4n) is 2.73. The molecule has 0 radical (unpaired) electrons. The van der Waals surface area contributed by atoms with Crippen LogP contribution in [0.5, 0.6) is 0 Å². The topological polar surface area (TPSA) is 206 Å². The molecule has 1 aromatic heterocycles. The van der Waals surface area contributed by atoms with Crippen LogP contribution < -0.4 is 11.2 Å². The van der Waals surface area contributed by atoms with E-state index in [0.717, 1.165) is 12.3 Å². The van der Waals surface area contributed by atoms with Crippen LogP contribution in [-0.4, -0.2) is 69.7 Å². The molecule has 1 aliphatic rings. The van der Waals surface area contributed by atoms with E-state index < -0.39 is 53.3 Å². The molecule has 1 saturated heterocycles. The predicted molar refractivity (Wildman–Crippen MR) is 78.9 cm³/mol. The summed E-state index contributed by atoms with van der Waals surface area (Å²) in [6.07, 6.45) is -2.15. The zero-order valence-electron chi connectivity index (χ0n) is 12.5. The third-order valence-electron chi connectivity index (χ3n) is 3.74. The van der Waals surface area contributed by atoms with Gasteiger partial charge >= 0.3 is 5.69 Å². The Balaban J connectivity index is 2.90. The van der Waals surface area contributed by atoms with Crippen LogP contribution in [0.1, 0.15) is 0 Å². The number of aliphatic hydroxyl groups excluding tert-OH is 4. The van der Waals surface area contributed by atoms with Gasteiger partial charge in [0.2, 0.25) is 5.72 Å². The molecule has 2 rings (SSSR count). The van der Waals surface area contributed by atoms with Gasteiger partial charge in [0.25, 0.3) is 17.4 Å². The van der Waals surface area contributed by atoms with E-state index in [1.165, 1.54) is 0 Å². The molecule has 1 fully saturated rings. The minimum atomic E-state index is -2.86. The van der Waals surface area contributed by atoms with Crippen molar-refractivity contribution in [1.29, 1.82) is 0 Å². The maximum Gasteiger partial charge on any atom is 0.331 e. The van der Waals surface area contributed by atoms with Crippen LogP contribution in [0.4, 0.5) is 0 Å². The highest BCUT2D eigenvalue weighted by Gasteiger charge is 2.65. The van der Waals surface area contributed by atoms with E-state index in [2.05, 4.69) is 0 Å². The molecule has 8 N–H and O–H groups in total. The first-order valence-electron chi connectivity index (χ1n) is 6.80. The van der Waals surface area contributed by atoms with Crippen LogP contribution in [0.2, 0.25) is 0 Å². The van der Waals surface area contributed by atoms with Gasteiger partial charge in [-0.2, -0.15) is 0 Å². The summed E-state index contributed by atoms with van der Waals surface area (Å²) in [6, 6.07) is 0.830. The fourth-order valence-corrected chi connectivity index (χ4v) is 2.73. The second-order valence-electron chi connectivity index (χ2n) is 5.29. The van der Waals surface area contributed by atoms with E-state index in [9.17, 15) is 35.1 Å². The lowest BCUT2D eigenvalue weighted by atomic mass is 9.85. The molecular formula is C13H16N2O10. The minimum absolute atomic E-state index is 0.282. The third-order valence-corrected chi connectivity index (χ3v) is 3.74. The number of hydrogen-bond donors (Lipinski definition) is 8. The normalized spacial score (nSPS) is 31.5. The first kappa shape index (κ1) is 18.5. The monoisotopic (exact) mass is 360 g/mol. The van der Waals surface area contributed by atoms with Crippen molar-refractivity contribution < 1.29 is 40.5 Å². The van der Waals surface area contributed by atoms with Crippen LogP contribution in [0.3, 0.4) is 0 Å². The zero-order chi connectivity index (χ0) is 19.0. The van der Waals surface area contributed by atoms with E-state index in [4.69, 9.17) is 14.9 Å². The van der Waals surface area contributed by atoms with Gasteiger partial charge in [-0.15, -0.1) is 0 Å². The van der Waals surface area contributed by atoms with Crippen molar-refractivity contribution in [3.05, 3.63) is 57.1 Å². The number of hydrogen-bond acceptors (Lipinski definition) is 10. The zero-order valence-corrected chi connectivity index (χ0v) is 12.5. The van der Waals surface area contributed by atoms with Crippen molar-refractivity contribution in [1.82, 2.24) is 9.55 Å². The predicted octanol–water partition coefficient (Wildman–Crippen LogP) is -2.41. The van der Waals surface area contributed by atoms with E-state index >= 15 is 0 Å². The molecule has 0 bridgehead atoms. The number of H-pyrrole nitrogens is 1. The van der Waals surface area contributed by atoms with Gasteiger partial charge in [-0.1, -0.05) is 0 Å². The lowest BCUT2D eigenvalue weighted by Gasteiger charge is -2.37. The molecule has 1 aliphatic heterocycles. The van der Waals surface area contributed by atoms with Gasteiger partial charge in [0, 0.05) is 18.3 Å². The summed E-state index contributed by atoms with van der Waals surface area (Å²) in [5.41, 5.74) is -7.54. The quantitative estimate of drug-likeness (QED) is 0.267. The van der Waals surface area contributed by atoms with Crippen molar-refractivity contribution in [2.45, 2.75) is 23.5 Å². The second kappa shape index (κ2) is 6.25. The number of ether oxygens (including phenoxy) is 1. The van der Waals surface area contributed by atoms with Gasteiger partial charge in [-0.25, -0.2) is 4.79 Å². The molecule has 25 heavy (non-hydrogen) atoms. The molecule has 0 spiro atoms. The van der Waals surface area contributed by atoms with Gasteiger partial charge in [0.05, 0.1) is 12.7 Å². The van der Waals surface area contributed by atoms with Gasteiger partial charge < -0.3 is 40.5 Å². The SMILES string of the molecule is O=c1ccn([C@]2(C=C(O)O)O[C@H](CO)[C@@H](O)[C@]2(O)C=C(O)O)c(=O)[nH]1. The highest BCUT2D eigenvalue weighted by molar-refractivity contribution is 5.26. The van der Waals surface area contributed by atoms with Crippen molar-refractivity contribution in [3.8, 4) is 0 Å². The average molecular weight is 360 g/mol. The molecular weight excluding hydrogens is 344 g/mol. The Kier molecular flexibility index (Phi) is 4.64. The molecule has 0 aliphatic carbocycles. The summed E-state index contributed by atoms with van der Waals surface area (Å²) >= 11 is 0. The van der Waals surface area contributed by atoms with Crippen LogP contribution >= 0.6 is 0 Å². The molecule has 138 valence electrons. The third kappa shape index (κ3) is 2.87. The van der Waals surface area contributed by atoms with E-state index in [1.54, 1.807) is 0 Å². The van der Waals surface area contributed by atoms with E-state index in [0.29, 0.717) is 10.6 Å². The molecule has 0 unspecified atom stereocenters. The van der Waals surface area contributed by atoms with E-state index in [1.807, 2.05) is 4.98 Å². The first-order chi connectivity index (χ1) is 11.6. The molecule has 0 amide bonds. The van der Waals surface area contributed by atoms with E-state index in [-0.39, 0.29) is 6.08 Å². The van der Waals surface area contributed by atoms with Crippen LogP contribution in [-0.2, 0) is 10.5 Å². The van der Waals surface area contributed by atoms with Gasteiger partial charge in [-0.3, -0.25) is 14.3 Å². The number of aromatic nitrogens is 2. The number of aromatic amines is 1. The largest absolute Gasteiger partial charge is 0.481 e. The summed E-state index contributed by atoms with van der Waals surface area (Å²) in [5.74, 6) is -2.95. The molecule has 12 nitrogen and oxygen atoms in total. The van der Waals surface area contributed by atoms with Crippen LogP contribution in [0.15, 0.2) is 45.9 Å². The summed E-state index contributed by atoms with van der Waals surface area (Å²) in [6.45, 7) is -0.886. The van der Waals surface area contributed by atoms with Crippen LogP contribution in [0, 0.1) is 0 Å². The van der Waals surface area contributed by atoms with Crippen molar-refractivity contribution in [2.75, 3.05) is 6.61 Å². The van der Waals surface area contributed by atoms with Gasteiger partial charge in [0.15, 0.2) is 5.60 Å². The lowest BCUT2D eigenvalue weighted by molar-refractivity contribution is -0.149. The Hall–Kier alpha value is -2.80. The Morgan fingerprint density at radius 3 is 2.32 bits per heavy atom. The number of nitrogens with zero attached hydrogens (tertiary/aromatic N) is 1. The minimum Gasteiger partial charge on any atom is -0.481 e. The number of rotatable bonds is 4. The standard InChI is InChI=1S/C13H16N2O10/c16-5-6-10(22)12(24,3-8(18)19)13(25-6,4-9(20)21)15-2-1-7(17)14-11(15)23/h1-4,6,10,16,18-22,24H,5H2,(H,14,17,23)/t6-,10-,12-,13-/m1/s1. The molecule has 0 aromatic carbocycles. The summed E-state index contributed by atoms with van der Waals surface area (Å²) in [4.78, 5) is 25.2. The summed E-state index contributed by atoms with van der Waals surface area (Å²) in [5, 5.41) is 67.1. The fraction of sp³-hybridized carbons (Fsp3) is 0.385. The number of nitrogens with one attached hydrogen (secondary N) is 1. The summed E-state index contributed by atoms with van der Waals surface area (Å²) in [7, 11) is 0. The van der Waals surface area contributed by atoms with Crippen LogP contribution in [0.25, 0.3) is 0 Å². The molecule has 1 aromatic rings. The van der Waals surface area contributed by atoms with Crippen molar-refractivity contribution in [3.63, 3.8) is 0 Å². The number of aliphatic hydroxyl groups is 7. The Morgan fingerprint density at radius 2 is 1.84 bits per heavy atom. The van der Waals surface area contributed by atoms with Gasteiger partial charge in [0.1, 0.15) is 12.2 Å². The van der Waals surface area contributed by atoms with Crippen molar-refractivity contribution >= 4 is 0 Å². The van der Waals surface area contributed by atoms with Gasteiger partial charge in [-0.05, 0) is 0 Å². The Bertz CT molecular complexity index is 819. The highest BCUT2D eigenvalue weighted by atomic mass is 16.6. The smallest absolute Gasteiger partial charge is 0.331 e. The molecule has 2 heterocycles. The first-order valence-corrected chi connectivity index (χ1v) is 6.80. The Morgan fingerprint density at radius 1 is 1.24 bits per heavy atom. The second-order valence-corrected chi connectivity index (χ2v) is 5.29.